The Bertz CT molecular complexity index is 408. The maximum Gasteiger partial charge on any atom is 0.127 e. The fourth-order valence-electron chi connectivity index (χ4n) is 1.29. The van der Waals surface area contributed by atoms with Crippen molar-refractivity contribution in [3.63, 3.8) is 0 Å². The van der Waals surface area contributed by atoms with Crippen LogP contribution in [-0.2, 0) is 0 Å². The van der Waals surface area contributed by atoms with Gasteiger partial charge in [-0.1, -0.05) is 30.3 Å². The third kappa shape index (κ3) is 2.81. The number of para-hydroxylation sites is 1. The van der Waals surface area contributed by atoms with E-state index in [0.717, 1.165) is 11.5 Å². The molecule has 76 valence electrons. The molecule has 0 spiro atoms. The summed E-state index contributed by atoms with van der Waals surface area (Å²) in [5.41, 5.74) is 0. The monoisotopic (exact) mass is 215 g/mol. The maximum atomic E-state index is 5.67. The van der Waals surface area contributed by atoms with Crippen molar-refractivity contribution in [1.82, 2.24) is 0 Å². The van der Waals surface area contributed by atoms with Gasteiger partial charge in [0.25, 0.3) is 0 Å². The van der Waals surface area contributed by atoms with E-state index in [1.54, 1.807) is 0 Å². The number of rotatable bonds is 3. The zero-order valence-electron chi connectivity index (χ0n) is 8.55. The summed E-state index contributed by atoms with van der Waals surface area (Å²) in [4.78, 5) is 0. The largest absolute Gasteiger partial charge is 0.510 e. The van der Waals surface area contributed by atoms with Crippen LogP contribution in [0.25, 0.3) is 0 Å². The second-order valence-corrected chi connectivity index (χ2v) is 4.10. The van der Waals surface area contributed by atoms with Crippen LogP contribution in [0.1, 0.15) is 0 Å². The Morgan fingerprint density at radius 3 is 2.00 bits per heavy atom. The van der Waals surface area contributed by atoms with Gasteiger partial charge in [0.2, 0.25) is 0 Å². The summed E-state index contributed by atoms with van der Waals surface area (Å²) in [7, 11) is 1.28. The van der Waals surface area contributed by atoms with Crippen molar-refractivity contribution in [1.29, 1.82) is 0 Å². The van der Waals surface area contributed by atoms with Gasteiger partial charge in [0.1, 0.15) is 11.5 Å². The van der Waals surface area contributed by atoms with Gasteiger partial charge in [-0.3, -0.25) is 0 Å². The Morgan fingerprint density at radius 1 is 0.800 bits per heavy atom. The van der Waals surface area contributed by atoms with Gasteiger partial charge in [-0.15, -0.1) is 0 Å². The van der Waals surface area contributed by atoms with Crippen LogP contribution in [0.5, 0.6) is 11.5 Å². The Kier molecular flexibility index (Phi) is 3.37. The van der Waals surface area contributed by atoms with Gasteiger partial charge >= 0.3 is 0 Å². The Morgan fingerprint density at radius 2 is 1.40 bits per heavy atom. The fraction of sp³-hybridized carbons (Fsp3) is 0.0769. The SMILES string of the molecule is C[P-]c1ccc(Oc2ccccc2)cc1. The van der Waals surface area contributed by atoms with Crippen molar-refractivity contribution in [3.8, 4) is 11.5 Å². The summed E-state index contributed by atoms with van der Waals surface area (Å²) in [6, 6.07) is 18.0. The second-order valence-electron chi connectivity index (χ2n) is 3.13. The number of ether oxygens (including phenoxy) is 1. The highest BCUT2D eigenvalue weighted by atomic mass is 31.1. The molecule has 0 N–H and O–H groups in total. The molecule has 15 heavy (non-hydrogen) atoms. The van der Waals surface area contributed by atoms with E-state index in [0.29, 0.717) is 0 Å². The highest BCUT2D eigenvalue weighted by Crippen LogP contribution is 2.20. The van der Waals surface area contributed by atoms with Crippen molar-refractivity contribution in [2.45, 2.75) is 0 Å². The lowest BCUT2D eigenvalue weighted by Gasteiger charge is -2.11. The van der Waals surface area contributed by atoms with Gasteiger partial charge in [0, 0.05) is 0 Å². The van der Waals surface area contributed by atoms with Crippen LogP contribution in [0.3, 0.4) is 0 Å². The fourth-order valence-corrected chi connectivity index (χ4v) is 1.74. The Labute approximate surface area is 91.9 Å². The number of benzene rings is 2. The average molecular weight is 215 g/mol. The molecule has 0 aromatic heterocycles. The van der Waals surface area contributed by atoms with Gasteiger partial charge in [-0.05, 0) is 24.3 Å². The predicted molar refractivity (Wildman–Crippen MR) is 65.4 cm³/mol. The first kappa shape index (κ1) is 10.2. The molecule has 0 radical (unpaired) electrons. The lowest BCUT2D eigenvalue weighted by atomic mass is 10.3. The van der Waals surface area contributed by atoms with Crippen LogP contribution in [0, 0.1) is 0 Å². The summed E-state index contributed by atoms with van der Waals surface area (Å²) in [5, 5.41) is 1.30. The third-order valence-corrected chi connectivity index (χ3v) is 2.89. The molecule has 0 aliphatic carbocycles. The highest BCUT2D eigenvalue weighted by Gasteiger charge is 1.93. The maximum absolute atomic E-state index is 5.67. The minimum Gasteiger partial charge on any atom is -0.510 e. The lowest BCUT2D eigenvalue weighted by molar-refractivity contribution is 0.483. The topological polar surface area (TPSA) is 9.23 Å². The molecule has 2 aromatic rings. The van der Waals surface area contributed by atoms with Crippen LogP contribution >= 0.6 is 8.58 Å². The molecule has 0 aliphatic heterocycles. The first-order valence-corrected chi connectivity index (χ1v) is 6.15. The molecule has 0 unspecified atom stereocenters. The summed E-state index contributed by atoms with van der Waals surface area (Å²) in [5.74, 6) is 1.76. The minimum absolute atomic E-state index is 0.874. The van der Waals surface area contributed by atoms with E-state index >= 15 is 0 Å². The molecule has 0 heterocycles. The lowest BCUT2D eigenvalue weighted by Crippen LogP contribution is -1.92. The summed E-state index contributed by atoms with van der Waals surface area (Å²) in [6.45, 7) is 2.12. The van der Waals surface area contributed by atoms with E-state index in [9.17, 15) is 0 Å². The average Bonchev–Trinajstić information content (AvgIpc) is 2.31. The Hall–Kier alpha value is -1.33. The zero-order valence-corrected chi connectivity index (χ0v) is 9.45. The number of hydrogen-bond acceptors (Lipinski definition) is 1. The van der Waals surface area contributed by atoms with E-state index in [-0.39, 0.29) is 0 Å². The molecule has 0 saturated carbocycles. The van der Waals surface area contributed by atoms with Crippen molar-refractivity contribution in [2.24, 2.45) is 0 Å². The summed E-state index contributed by atoms with van der Waals surface area (Å²) >= 11 is 0. The molecule has 1 nitrogen and oxygen atoms in total. The van der Waals surface area contributed by atoms with E-state index in [2.05, 4.69) is 18.8 Å². The first-order valence-electron chi connectivity index (χ1n) is 4.81. The first-order chi connectivity index (χ1) is 7.38. The van der Waals surface area contributed by atoms with Crippen molar-refractivity contribution < 1.29 is 4.74 Å². The third-order valence-electron chi connectivity index (χ3n) is 2.07. The van der Waals surface area contributed by atoms with Crippen LogP contribution in [-0.4, -0.2) is 6.66 Å². The standard InChI is InChI=1S/C13H12OP/c1-15-13-9-7-12(8-10-13)14-11-5-3-2-4-6-11/h2-10H,1H3/q-1. The number of hydrogen-bond donors (Lipinski definition) is 0. The molecule has 2 aromatic carbocycles. The van der Waals surface area contributed by atoms with Gasteiger partial charge in [-0.25, -0.2) is 5.30 Å². The minimum atomic E-state index is 0.874. The molecule has 2 rings (SSSR count). The molecule has 0 bridgehead atoms. The molecular weight excluding hydrogens is 203 g/mol. The summed E-state index contributed by atoms with van der Waals surface area (Å²) in [6.07, 6.45) is 0. The second kappa shape index (κ2) is 4.95. The van der Waals surface area contributed by atoms with Gasteiger partial charge in [0.15, 0.2) is 0 Å². The Balaban J connectivity index is 2.11. The molecule has 2 heteroatoms. The van der Waals surface area contributed by atoms with Crippen LogP contribution in [0.15, 0.2) is 54.6 Å². The van der Waals surface area contributed by atoms with Crippen molar-refractivity contribution in [2.75, 3.05) is 6.66 Å². The molecule has 0 atom stereocenters. The van der Waals surface area contributed by atoms with E-state index < -0.39 is 0 Å². The van der Waals surface area contributed by atoms with E-state index in [1.807, 2.05) is 42.5 Å². The normalized spacial score (nSPS) is 10.7. The van der Waals surface area contributed by atoms with Gasteiger partial charge in [0.05, 0.1) is 0 Å². The van der Waals surface area contributed by atoms with Crippen molar-refractivity contribution >= 4 is 13.9 Å². The van der Waals surface area contributed by atoms with Crippen LogP contribution in [0.4, 0.5) is 0 Å². The van der Waals surface area contributed by atoms with Crippen LogP contribution in [0.2, 0.25) is 0 Å². The molecule has 0 aliphatic rings. The van der Waals surface area contributed by atoms with Crippen molar-refractivity contribution in [3.05, 3.63) is 54.6 Å². The zero-order chi connectivity index (χ0) is 10.5. The molecule has 0 amide bonds. The van der Waals surface area contributed by atoms with Crippen LogP contribution < -0.4 is 10.0 Å². The van der Waals surface area contributed by atoms with E-state index in [4.69, 9.17) is 4.74 Å². The smallest absolute Gasteiger partial charge is 0.127 e. The molecule has 0 saturated heterocycles. The van der Waals surface area contributed by atoms with E-state index in [1.165, 1.54) is 13.9 Å². The predicted octanol–water partition coefficient (Wildman–Crippen LogP) is 3.68. The van der Waals surface area contributed by atoms with Gasteiger partial charge in [-0.2, -0.15) is 6.66 Å². The highest BCUT2D eigenvalue weighted by molar-refractivity contribution is 7.46. The quantitative estimate of drug-likeness (QED) is 0.709. The van der Waals surface area contributed by atoms with Gasteiger partial charge < -0.3 is 13.3 Å². The molecular formula is C13H12OP-. The molecule has 0 fully saturated rings. The summed E-state index contributed by atoms with van der Waals surface area (Å²) < 4.78 is 5.67.